The fourth-order valence-electron chi connectivity index (χ4n) is 2.63. The number of benzene rings is 1. The van der Waals surface area contributed by atoms with Crippen molar-refractivity contribution in [3.8, 4) is 5.75 Å². The van der Waals surface area contributed by atoms with Crippen LogP contribution < -0.4 is 10.1 Å². The van der Waals surface area contributed by atoms with Crippen LogP contribution in [0.3, 0.4) is 0 Å². The summed E-state index contributed by atoms with van der Waals surface area (Å²) in [5.74, 6) is 1.26. The number of fused-ring (bicyclic) bond motifs is 1. The van der Waals surface area contributed by atoms with Crippen LogP contribution in [0.25, 0.3) is 0 Å². The van der Waals surface area contributed by atoms with Crippen LogP contribution in [0.2, 0.25) is 0 Å². The molecule has 0 spiro atoms. The first-order chi connectivity index (χ1) is 8.64. The maximum Gasteiger partial charge on any atom is 0.154 e. The first-order valence-corrected chi connectivity index (χ1v) is 8.15. The van der Waals surface area contributed by atoms with E-state index in [1.54, 1.807) is 0 Å². The number of rotatable bonds is 2. The van der Waals surface area contributed by atoms with Gasteiger partial charge in [0.2, 0.25) is 0 Å². The van der Waals surface area contributed by atoms with Crippen molar-refractivity contribution in [2.75, 3.05) is 18.1 Å². The van der Waals surface area contributed by atoms with Crippen molar-refractivity contribution in [2.45, 2.75) is 25.5 Å². The molecule has 2 heterocycles. The molecular formula is C13H17NO3S. The van der Waals surface area contributed by atoms with E-state index in [1.807, 2.05) is 12.1 Å². The molecule has 0 aromatic heterocycles. The normalized spacial score (nSPS) is 25.7. The molecule has 0 bridgehead atoms. The van der Waals surface area contributed by atoms with Crippen molar-refractivity contribution in [1.82, 2.24) is 5.32 Å². The van der Waals surface area contributed by atoms with Crippen molar-refractivity contribution >= 4 is 9.84 Å². The lowest BCUT2D eigenvalue weighted by atomic mass is 10.0. The van der Waals surface area contributed by atoms with Crippen LogP contribution in [0.15, 0.2) is 18.2 Å². The molecule has 1 N–H and O–H groups in total. The second-order valence-electron chi connectivity index (χ2n) is 4.96. The van der Waals surface area contributed by atoms with E-state index in [1.165, 1.54) is 11.1 Å². The molecule has 0 saturated carbocycles. The summed E-state index contributed by atoms with van der Waals surface area (Å²) in [7, 11) is -2.88. The average molecular weight is 267 g/mol. The molecule has 1 aromatic carbocycles. The Labute approximate surface area is 107 Å². The molecule has 4 nitrogen and oxygen atoms in total. The minimum absolute atomic E-state index is 0.157. The van der Waals surface area contributed by atoms with E-state index in [0.717, 1.165) is 25.3 Å². The summed E-state index contributed by atoms with van der Waals surface area (Å²) in [6.07, 6.45) is 1.44. The molecule has 0 amide bonds. The predicted molar refractivity (Wildman–Crippen MR) is 69.5 cm³/mol. The van der Waals surface area contributed by atoms with E-state index in [4.69, 9.17) is 4.74 Å². The van der Waals surface area contributed by atoms with E-state index in [-0.39, 0.29) is 17.6 Å². The molecule has 1 unspecified atom stereocenters. The summed E-state index contributed by atoms with van der Waals surface area (Å²) in [5, 5.41) is 3.32. The Morgan fingerprint density at radius 3 is 3.00 bits per heavy atom. The van der Waals surface area contributed by atoms with Crippen LogP contribution in [0, 0.1) is 0 Å². The fraction of sp³-hybridized carbons (Fsp3) is 0.538. The molecule has 1 fully saturated rings. The van der Waals surface area contributed by atoms with Gasteiger partial charge in [-0.15, -0.1) is 0 Å². The molecule has 2 aliphatic rings. The van der Waals surface area contributed by atoms with Gasteiger partial charge in [-0.3, -0.25) is 0 Å². The summed E-state index contributed by atoms with van der Waals surface area (Å²) < 4.78 is 28.7. The van der Waals surface area contributed by atoms with Gasteiger partial charge < -0.3 is 10.1 Å². The molecule has 2 aliphatic heterocycles. The highest BCUT2D eigenvalue weighted by Gasteiger charge is 2.30. The zero-order chi connectivity index (χ0) is 12.6. The van der Waals surface area contributed by atoms with Crippen LogP contribution in [-0.4, -0.2) is 32.6 Å². The third kappa shape index (κ3) is 2.37. The van der Waals surface area contributed by atoms with Crippen molar-refractivity contribution in [2.24, 2.45) is 0 Å². The van der Waals surface area contributed by atoms with Crippen LogP contribution in [0.1, 0.15) is 17.5 Å². The van der Waals surface area contributed by atoms with Crippen LogP contribution >= 0.6 is 0 Å². The summed E-state index contributed by atoms with van der Waals surface area (Å²) in [4.78, 5) is 0. The Kier molecular flexibility index (Phi) is 3.03. The number of ether oxygens (including phenoxy) is 1. The molecule has 98 valence electrons. The summed E-state index contributed by atoms with van der Waals surface area (Å²) in [6, 6.07) is 6.05. The molecule has 5 heteroatoms. The van der Waals surface area contributed by atoms with Gasteiger partial charge in [0.1, 0.15) is 11.9 Å². The van der Waals surface area contributed by atoms with Gasteiger partial charge in [0.15, 0.2) is 9.84 Å². The quantitative estimate of drug-likeness (QED) is 0.865. The smallest absolute Gasteiger partial charge is 0.154 e. The number of sulfone groups is 1. The second kappa shape index (κ2) is 4.55. The summed E-state index contributed by atoms with van der Waals surface area (Å²) >= 11 is 0. The molecule has 3 rings (SSSR count). The Bertz CT molecular complexity index is 553. The van der Waals surface area contributed by atoms with Crippen molar-refractivity contribution in [3.05, 3.63) is 29.3 Å². The monoisotopic (exact) mass is 267 g/mol. The van der Waals surface area contributed by atoms with Gasteiger partial charge in [-0.2, -0.15) is 0 Å². The first kappa shape index (κ1) is 12.0. The second-order valence-corrected chi connectivity index (χ2v) is 7.19. The van der Waals surface area contributed by atoms with Gasteiger partial charge >= 0.3 is 0 Å². The first-order valence-electron chi connectivity index (χ1n) is 6.33. The fourth-order valence-corrected chi connectivity index (χ4v) is 4.22. The van der Waals surface area contributed by atoms with E-state index >= 15 is 0 Å². The van der Waals surface area contributed by atoms with E-state index in [2.05, 4.69) is 11.4 Å². The van der Waals surface area contributed by atoms with Crippen LogP contribution in [0.5, 0.6) is 5.75 Å². The number of hydrogen-bond donors (Lipinski definition) is 1. The third-order valence-electron chi connectivity index (χ3n) is 3.59. The molecular weight excluding hydrogens is 250 g/mol. The topological polar surface area (TPSA) is 55.4 Å². The van der Waals surface area contributed by atoms with E-state index in [9.17, 15) is 8.42 Å². The minimum atomic E-state index is -2.88. The SMILES string of the molecule is O=S1(=O)CCC(Oc2cccc3c2CNCC3)C1. The van der Waals surface area contributed by atoms with Gasteiger partial charge in [0.05, 0.1) is 11.5 Å². The van der Waals surface area contributed by atoms with Gasteiger partial charge in [-0.05, 0) is 31.0 Å². The zero-order valence-electron chi connectivity index (χ0n) is 10.2. The average Bonchev–Trinajstić information content (AvgIpc) is 2.69. The number of nitrogens with one attached hydrogen (secondary N) is 1. The highest BCUT2D eigenvalue weighted by Crippen LogP contribution is 2.28. The Morgan fingerprint density at radius 1 is 1.33 bits per heavy atom. The Balaban J connectivity index is 1.81. The Hall–Kier alpha value is -1.07. The van der Waals surface area contributed by atoms with E-state index in [0.29, 0.717) is 6.42 Å². The third-order valence-corrected chi connectivity index (χ3v) is 5.32. The lowest BCUT2D eigenvalue weighted by molar-refractivity contribution is 0.225. The van der Waals surface area contributed by atoms with Crippen molar-refractivity contribution in [1.29, 1.82) is 0 Å². The molecule has 1 atom stereocenters. The Morgan fingerprint density at radius 2 is 2.22 bits per heavy atom. The van der Waals surface area contributed by atoms with E-state index < -0.39 is 9.84 Å². The zero-order valence-corrected chi connectivity index (χ0v) is 11.0. The van der Waals surface area contributed by atoms with Gasteiger partial charge in [-0.1, -0.05) is 12.1 Å². The van der Waals surface area contributed by atoms with Crippen LogP contribution in [0.4, 0.5) is 0 Å². The highest BCUT2D eigenvalue weighted by molar-refractivity contribution is 7.91. The minimum Gasteiger partial charge on any atom is -0.489 e. The maximum absolute atomic E-state index is 11.4. The van der Waals surface area contributed by atoms with Gasteiger partial charge in [-0.25, -0.2) is 8.42 Å². The standard InChI is InChI=1S/C13H17NO3S/c15-18(16)7-5-11(9-18)17-13-3-1-2-10-4-6-14-8-12(10)13/h1-3,11,14H,4-9H2. The van der Waals surface area contributed by atoms with Crippen molar-refractivity contribution in [3.63, 3.8) is 0 Å². The van der Waals surface area contributed by atoms with Crippen LogP contribution in [-0.2, 0) is 22.8 Å². The summed E-state index contributed by atoms with van der Waals surface area (Å²) in [5.41, 5.74) is 2.50. The molecule has 1 aromatic rings. The number of hydrogen-bond acceptors (Lipinski definition) is 4. The molecule has 0 aliphatic carbocycles. The molecule has 18 heavy (non-hydrogen) atoms. The van der Waals surface area contributed by atoms with Crippen molar-refractivity contribution < 1.29 is 13.2 Å². The van der Waals surface area contributed by atoms with Gasteiger partial charge in [0.25, 0.3) is 0 Å². The lowest BCUT2D eigenvalue weighted by Gasteiger charge is -2.22. The molecule has 1 saturated heterocycles. The van der Waals surface area contributed by atoms with Gasteiger partial charge in [0, 0.05) is 12.1 Å². The predicted octanol–water partition coefficient (Wildman–Crippen LogP) is 0.898. The maximum atomic E-state index is 11.4. The summed E-state index contributed by atoms with van der Waals surface area (Å²) in [6.45, 7) is 1.80. The molecule has 0 radical (unpaired) electrons. The largest absolute Gasteiger partial charge is 0.489 e. The highest BCUT2D eigenvalue weighted by atomic mass is 32.2. The lowest BCUT2D eigenvalue weighted by Crippen LogP contribution is -2.25.